The molecular formula is C17H18O3. The number of ether oxygens (including phenoxy) is 1. The summed E-state index contributed by atoms with van der Waals surface area (Å²) < 4.78 is 5.86. The molecule has 0 heterocycles. The highest BCUT2D eigenvalue weighted by Crippen LogP contribution is 2.23. The SMILES string of the molecule is Cc1cccc(C)c1OCc1ccc(CC(=O)O)cc1. The number of hydrogen-bond donors (Lipinski definition) is 1. The summed E-state index contributed by atoms with van der Waals surface area (Å²) in [6.07, 6.45) is 0.0536. The Balaban J connectivity index is 2.02. The molecule has 0 saturated carbocycles. The Morgan fingerprint density at radius 2 is 1.55 bits per heavy atom. The topological polar surface area (TPSA) is 46.5 Å². The van der Waals surface area contributed by atoms with E-state index in [9.17, 15) is 4.79 Å². The third-order valence-corrected chi connectivity index (χ3v) is 3.17. The van der Waals surface area contributed by atoms with Crippen LogP contribution < -0.4 is 4.74 Å². The zero-order valence-corrected chi connectivity index (χ0v) is 11.7. The minimum Gasteiger partial charge on any atom is -0.488 e. The van der Waals surface area contributed by atoms with Gasteiger partial charge in [0.25, 0.3) is 0 Å². The third-order valence-electron chi connectivity index (χ3n) is 3.17. The maximum absolute atomic E-state index is 10.6. The fourth-order valence-electron chi connectivity index (χ4n) is 2.11. The van der Waals surface area contributed by atoms with E-state index >= 15 is 0 Å². The Morgan fingerprint density at radius 3 is 2.10 bits per heavy atom. The van der Waals surface area contributed by atoms with Crippen molar-refractivity contribution in [3.05, 3.63) is 64.7 Å². The van der Waals surface area contributed by atoms with E-state index in [-0.39, 0.29) is 6.42 Å². The van der Waals surface area contributed by atoms with Crippen LogP contribution in [0.2, 0.25) is 0 Å². The van der Waals surface area contributed by atoms with Crippen LogP contribution in [-0.4, -0.2) is 11.1 Å². The first-order chi connectivity index (χ1) is 9.56. The molecular weight excluding hydrogens is 252 g/mol. The number of carbonyl (C=O) groups is 1. The summed E-state index contributed by atoms with van der Waals surface area (Å²) >= 11 is 0. The van der Waals surface area contributed by atoms with E-state index in [1.807, 2.05) is 56.3 Å². The lowest BCUT2D eigenvalue weighted by Gasteiger charge is -2.12. The molecule has 2 aromatic carbocycles. The predicted octanol–water partition coefficient (Wildman–Crippen LogP) is 3.51. The monoisotopic (exact) mass is 270 g/mol. The molecule has 0 aliphatic heterocycles. The summed E-state index contributed by atoms with van der Waals surface area (Å²) in [5.74, 6) is 0.103. The summed E-state index contributed by atoms with van der Waals surface area (Å²) in [4.78, 5) is 10.6. The van der Waals surface area contributed by atoms with Crippen molar-refractivity contribution in [1.82, 2.24) is 0 Å². The molecule has 20 heavy (non-hydrogen) atoms. The molecule has 0 aliphatic carbocycles. The average Bonchev–Trinajstić information content (AvgIpc) is 2.39. The van der Waals surface area contributed by atoms with Crippen molar-refractivity contribution in [2.75, 3.05) is 0 Å². The van der Waals surface area contributed by atoms with Gasteiger partial charge in [0.1, 0.15) is 12.4 Å². The molecule has 2 aromatic rings. The number of benzene rings is 2. The van der Waals surface area contributed by atoms with Crippen molar-refractivity contribution < 1.29 is 14.6 Å². The van der Waals surface area contributed by atoms with Gasteiger partial charge in [0.05, 0.1) is 6.42 Å². The molecule has 0 fully saturated rings. The quantitative estimate of drug-likeness (QED) is 0.904. The van der Waals surface area contributed by atoms with Crippen molar-refractivity contribution in [2.45, 2.75) is 26.9 Å². The predicted molar refractivity (Wildman–Crippen MR) is 78.0 cm³/mol. The zero-order valence-electron chi connectivity index (χ0n) is 11.7. The van der Waals surface area contributed by atoms with E-state index < -0.39 is 5.97 Å². The zero-order chi connectivity index (χ0) is 14.5. The van der Waals surface area contributed by atoms with E-state index in [0.29, 0.717) is 6.61 Å². The fraction of sp³-hybridized carbons (Fsp3) is 0.235. The van der Waals surface area contributed by atoms with Gasteiger partial charge in [-0.25, -0.2) is 0 Å². The molecule has 0 unspecified atom stereocenters. The molecule has 3 nitrogen and oxygen atoms in total. The van der Waals surface area contributed by atoms with Crippen LogP contribution in [0.15, 0.2) is 42.5 Å². The molecule has 0 aromatic heterocycles. The van der Waals surface area contributed by atoms with Gasteiger partial charge in [-0.1, -0.05) is 42.5 Å². The molecule has 0 aliphatic rings. The van der Waals surface area contributed by atoms with Crippen molar-refractivity contribution in [1.29, 1.82) is 0 Å². The number of para-hydroxylation sites is 1. The summed E-state index contributed by atoms with van der Waals surface area (Å²) in [6, 6.07) is 13.5. The van der Waals surface area contributed by atoms with Gasteiger partial charge in [-0.2, -0.15) is 0 Å². The van der Waals surface area contributed by atoms with Gasteiger partial charge in [0.15, 0.2) is 0 Å². The molecule has 0 saturated heterocycles. The Bertz CT molecular complexity index is 580. The van der Waals surface area contributed by atoms with E-state index in [0.717, 1.165) is 28.0 Å². The fourth-order valence-corrected chi connectivity index (χ4v) is 2.11. The smallest absolute Gasteiger partial charge is 0.307 e. The lowest BCUT2D eigenvalue weighted by Crippen LogP contribution is -2.01. The van der Waals surface area contributed by atoms with Gasteiger partial charge in [-0.05, 0) is 36.1 Å². The van der Waals surface area contributed by atoms with Gasteiger partial charge in [-0.15, -0.1) is 0 Å². The molecule has 0 atom stereocenters. The normalized spacial score (nSPS) is 10.3. The highest BCUT2D eigenvalue weighted by molar-refractivity contribution is 5.70. The van der Waals surface area contributed by atoms with E-state index in [1.54, 1.807) is 0 Å². The number of aliphatic carboxylic acids is 1. The Labute approximate surface area is 118 Å². The number of hydrogen-bond acceptors (Lipinski definition) is 2. The van der Waals surface area contributed by atoms with Gasteiger partial charge in [-0.3, -0.25) is 4.79 Å². The second-order valence-corrected chi connectivity index (χ2v) is 4.90. The van der Waals surface area contributed by atoms with Crippen LogP contribution in [0.4, 0.5) is 0 Å². The standard InChI is InChI=1S/C17H18O3/c1-12-4-3-5-13(2)17(12)20-11-15-8-6-14(7-9-15)10-16(18)19/h3-9H,10-11H2,1-2H3,(H,18,19). The van der Waals surface area contributed by atoms with Gasteiger partial charge >= 0.3 is 5.97 Å². The lowest BCUT2D eigenvalue weighted by atomic mass is 10.1. The van der Waals surface area contributed by atoms with E-state index in [2.05, 4.69) is 0 Å². The molecule has 0 amide bonds. The second-order valence-electron chi connectivity index (χ2n) is 4.90. The van der Waals surface area contributed by atoms with Gasteiger partial charge in [0, 0.05) is 0 Å². The van der Waals surface area contributed by atoms with Crippen molar-refractivity contribution in [3.8, 4) is 5.75 Å². The van der Waals surface area contributed by atoms with E-state index in [1.165, 1.54) is 0 Å². The van der Waals surface area contributed by atoms with Crippen LogP contribution in [-0.2, 0) is 17.8 Å². The van der Waals surface area contributed by atoms with Crippen LogP contribution >= 0.6 is 0 Å². The molecule has 0 bridgehead atoms. The summed E-state index contributed by atoms with van der Waals surface area (Å²) in [6.45, 7) is 4.54. The van der Waals surface area contributed by atoms with Crippen LogP contribution in [0.1, 0.15) is 22.3 Å². The lowest BCUT2D eigenvalue weighted by molar-refractivity contribution is -0.136. The number of carboxylic acid groups (broad SMARTS) is 1. The largest absolute Gasteiger partial charge is 0.488 e. The molecule has 3 heteroatoms. The second kappa shape index (κ2) is 6.24. The highest BCUT2D eigenvalue weighted by Gasteiger charge is 2.04. The van der Waals surface area contributed by atoms with Crippen molar-refractivity contribution in [2.24, 2.45) is 0 Å². The van der Waals surface area contributed by atoms with Crippen LogP contribution in [0, 0.1) is 13.8 Å². The van der Waals surface area contributed by atoms with Crippen LogP contribution in [0.5, 0.6) is 5.75 Å². The Morgan fingerprint density at radius 1 is 1.00 bits per heavy atom. The Kier molecular flexibility index (Phi) is 4.41. The maximum atomic E-state index is 10.6. The minimum absolute atomic E-state index is 0.0536. The maximum Gasteiger partial charge on any atom is 0.307 e. The number of rotatable bonds is 5. The minimum atomic E-state index is -0.815. The van der Waals surface area contributed by atoms with E-state index in [4.69, 9.17) is 9.84 Å². The van der Waals surface area contributed by atoms with Gasteiger partial charge in [0.2, 0.25) is 0 Å². The highest BCUT2D eigenvalue weighted by atomic mass is 16.5. The number of carboxylic acids is 1. The van der Waals surface area contributed by atoms with Gasteiger partial charge < -0.3 is 9.84 Å². The third kappa shape index (κ3) is 3.60. The molecule has 1 N–H and O–H groups in total. The molecule has 0 spiro atoms. The van der Waals surface area contributed by atoms with Crippen molar-refractivity contribution in [3.63, 3.8) is 0 Å². The van der Waals surface area contributed by atoms with Crippen LogP contribution in [0.3, 0.4) is 0 Å². The van der Waals surface area contributed by atoms with Crippen molar-refractivity contribution >= 4 is 5.97 Å². The first-order valence-electron chi connectivity index (χ1n) is 6.55. The summed E-state index contributed by atoms with van der Waals surface area (Å²) in [5.41, 5.74) is 4.06. The molecule has 0 radical (unpaired) electrons. The molecule has 2 rings (SSSR count). The first-order valence-corrected chi connectivity index (χ1v) is 6.55. The number of aryl methyl sites for hydroxylation is 2. The average molecular weight is 270 g/mol. The Hall–Kier alpha value is -2.29. The summed E-state index contributed by atoms with van der Waals surface area (Å²) in [7, 11) is 0. The first kappa shape index (κ1) is 14.1. The summed E-state index contributed by atoms with van der Waals surface area (Å²) in [5, 5.41) is 8.72. The molecule has 104 valence electrons. The van der Waals surface area contributed by atoms with Crippen LogP contribution in [0.25, 0.3) is 0 Å².